The van der Waals surface area contributed by atoms with Crippen LogP contribution in [0.25, 0.3) is 0 Å². The van der Waals surface area contributed by atoms with Gasteiger partial charge in [-0.15, -0.1) is 0 Å². The summed E-state index contributed by atoms with van der Waals surface area (Å²) in [4.78, 5) is 39.8. The number of rotatable bonds is 9. The number of alkyl halides is 2. The number of aliphatic hydroxyl groups is 1. The van der Waals surface area contributed by atoms with Gasteiger partial charge in [-0.05, 0) is 49.8 Å². The van der Waals surface area contributed by atoms with Crippen molar-refractivity contribution in [2.24, 2.45) is 5.92 Å². The number of hydrogen-bond acceptors (Lipinski definition) is 5. The molecule has 2 aromatic rings. The summed E-state index contributed by atoms with van der Waals surface area (Å²) in [6.07, 6.45) is -0.779. The molecule has 4 N–H and O–H groups in total. The summed E-state index contributed by atoms with van der Waals surface area (Å²) in [5, 5.41) is 26.3. The molecule has 1 heterocycles. The third kappa shape index (κ3) is 6.43. The lowest BCUT2D eigenvalue weighted by Gasteiger charge is -2.30. The summed E-state index contributed by atoms with van der Waals surface area (Å²) in [5.74, 6) is -5.43. The first-order chi connectivity index (χ1) is 17.6. The second kappa shape index (κ2) is 10.8. The third-order valence-electron chi connectivity index (χ3n) is 6.92. The number of phenolic OH excluding ortho intramolecular Hbond substituents is 1. The minimum Gasteiger partial charge on any atom is -0.508 e. The quantitative estimate of drug-likeness (QED) is 0.408. The summed E-state index contributed by atoms with van der Waals surface area (Å²) < 4.78 is 28.7. The Labute approximate surface area is 213 Å². The van der Waals surface area contributed by atoms with Gasteiger partial charge in [0, 0.05) is 24.1 Å². The summed E-state index contributed by atoms with van der Waals surface area (Å²) >= 11 is 0. The van der Waals surface area contributed by atoms with Gasteiger partial charge in [-0.2, -0.15) is 0 Å². The Kier molecular flexibility index (Phi) is 7.77. The predicted molar refractivity (Wildman–Crippen MR) is 131 cm³/mol. The summed E-state index contributed by atoms with van der Waals surface area (Å²) in [6.45, 7) is 0.915. The Morgan fingerprint density at radius 3 is 2.49 bits per heavy atom. The number of carbonyl (C=O) groups is 3. The highest BCUT2D eigenvalue weighted by Gasteiger charge is 2.51. The number of aliphatic hydroxyl groups excluding tert-OH is 1. The molecule has 8 nitrogen and oxygen atoms in total. The normalized spacial score (nSPS) is 20.2. The number of nitrogens with zero attached hydrogens (tertiary/aromatic N) is 1. The zero-order valence-electron chi connectivity index (χ0n) is 20.5. The van der Waals surface area contributed by atoms with Crippen LogP contribution in [-0.2, 0) is 16.0 Å². The van der Waals surface area contributed by atoms with E-state index < -0.39 is 54.8 Å². The highest BCUT2D eigenvalue weighted by Crippen LogP contribution is 2.33. The lowest BCUT2D eigenvalue weighted by molar-refractivity contribution is -0.147. The van der Waals surface area contributed by atoms with Crippen LogP contribution >= 0.6 is 0 Å². The highest BCUT2D eigenvalue weighted by molar-refractivity contribution is 5.97. The van der Waals surface area contributed by atoms with Crippen molar-refractivity contribution in [3.63, 3.8) is 0 Å². The number of hydrogen-bond donors (Lipinski definition) is 4. The molecule has 0 spiro atoms. The minimum atomic E-state index is -3.28. The van der Waals surface area contributed by atoms with Crippen LogP contribution in [0.15, 0.2) is 48.5 Å². The second-order valence-electron chi connectivity index (χ2n) is 9.89. The Bertz CT molecular complexity index is 1160. The Morgan fingerprint density at radius 2 is 1.81 bits per heavy atom. The maximum atomic E-state index is 14.4. The van der Waals surface area contributed by atoms with Crippen molar-refractivity contribution in [3.05, 3.63) is 65.2 Å². The molecule has 10 heteroatoms. The van der Waals surface area contributed by atoms with Gasteiger partial charge in [0.1, 0.15) is 11.8 Å². The first kappa shape index (κ1) is 26.5. The number of halogens is 2. The van der Waals surface area contributed by atoms with E-state index in [9.17, 15) is 33.4 Å². The number of carbonyl (C=O) groups excluding carboxylic acids is 3. The van der Waals surface area contributed by atoms with Crippen LogP contribution in [0.2, 0.25) is 0 Å². The van der Waals surface area contributed by atoms with Gasteiger partial charge in [-0.1, -0.05) is 36.4 Å². The fourth-order valence-electron chi connectivity index (χ4n) is 4.53. The van der Waals surface area contributed by atoms with Crippen molar-refractivity contribution in [2.45, 2.75) is 56.7 Å². The van der Waals surface area contributed by atoms with Gasteiger partial charge in [-0.3, -0.25) is 14.4 Å². The molecule has 2 aliphatic rings. The average molecular weight is 516 g/mol. The van der Waals surface area contributed by atoms with Crippen molar-refractivity contribution in [1.82, 2.24) is 15.5 Å². The number of likely N-dealkylation sites (tertiary alicyclic amines) is 1. The molecule has 3 unspecified atom stereocenters. The lowest BCUT2D eigenvalue weighted by Crippen LogP contribution is -2.56. The van der Waals surface area contributed by atoms with Crippen LogP contribution in [0.5, 0.6) is 5.75 Å². The average Bonchev–Trinajstić information content (AvgIpc) is 3.64. The van der Waals surface area contributed by atoms with Crippen LogP contribution < -0.4 is 10.6 Å². The lowest BCUT2D eigenvalue weighted by atomic mass is 9.98. The van der Waals surface area contributed by atoms with Gasteiger partial charge in [0.25, 0.3) is 17.7 Å². The molecule has 1 aliphatic heterocycles. The molecule has 1 saturated carbocycles. The summed E-state index contributed by atoms with van der Waals surface area (Å²) in [6, 6.07) is 10.6. The molecule has 2 aromatic carbocycles. The van der Waals surface area contributed by atoms with Crippen LogP contribution in [-0.4, -0.2) is 70.0 Å². The SMILES string of the molecule is Cc1c(O)cccc1C(=O)NC(Cc1ccccc1)C(O)C(=O)N1CC(F)(F)CC1C(=O)NCC1CC1. The minimum absolute atomic E-state index is 0.0279. The molecule has 198 valence electrons. The van der Waals surface area contributed by atoms with Crippen molar-refractivity contribution in [3.8, 4) is 5.75 Å². The number of aromatic hydroxyl groups is 1. The van der Waals surface area contributed by atoms with Gasteiger partial charge >= 0.3 is 0 Å². The van der Waals surface area contributed by atoms with Gasteiger partial charge in [0.15, 0.2) is 6.10 Å². The molecule has 2 fully saturated rings. The molecule has 1 aliphatic carbocycles. The fraction of sp³-hybridized carbons (Fsp3) is 0.444. The van der Waals surface area contributed by atoms with E-state index in [0.717, 1.165) is 17.7 Å². The molecular weight excluding hydrogens is 484 g/mol. The Morgan fingerprint density at radius 1 is 1.11 bits per heavy atom. The van der Waals surface area contributed by atoms with Crippen LogP contribution in [0.3, 0.4) is 0 Å². The van der Waals surface area contributed by atoms with E-state index in [1.54, 1.807) is 37.3 Å². The molecule has 4 rings (SSSR count). The maximum absolute atomic E-state index is 14.4. The van der Waals surface area contributed by atoms with E-state index >= 15 is 0 Å². The molecule has 0 bridgehead atoms. The van der Waals surface area contributed by atoms with Crippen molar-refractivity contribution in [1.29, 1.82) is 0 Å². The predicted octanol–water partition coefficient (Wildman–Crippen LogP) is 2.17. The molecule has 0 radical (unpaired) electrons. The highest BCUT2D eigenvalue weighted by atomic mass is 19.3. The number of phenols is 1. The molecule has 37 heavy (non-hydrogen) atoms. The second-order valence-corrected chi connectivity index (χ2v) is 9.89. The van der Waals surface area contributed by atoms with Gasteiger partial charge in [0.2, 0.25) is 5.91 Å². The Balaban J connectivity index is 1.55. The smallest absolute Gasteiger partial charge is 0.267 e. The first-order valence-corrected chi connectivity index (χ1v) is 12.3. The largest absolute Gasteiger partial charge is 0.508 e. The first-order valence-electron chi connectivity index (χ1n) is 12.3. The van der Waals surface area contributed by atoms with Gasteiger partial charge in [-0.25, -0.2) is 8.78 Å². The monoisotopic (exact) mass is 515 g/mol. The number of nitrogens with one attached hydrogen (secondary N) is 2. The molecular formula is C27H31F2N3O5. The topological polar surface area (TPSA) is 119 Å². The molecule has 3 atom stereocenters. The maximum Gasteiger partial charge on any atom is 0.267 e. The van der Waals surface area contributed by atoms with Crippen LogP contribution in [0.4, 0.5) is 8.78 Å². The van der Waals surface area contributed by atoms with E-state index in [1.807, 2.05) is 0 Å². The Hall–Kier alpha value is -3.53. The summed E-state index contributed by atoms with van der Waals surface area (Å²) in [7, 11) is 0. The van der Waals surface area contributed by atoms with E-state index in [0.29, 0.717) is 23.6 Å². The van der Waals surface area contributed by atoms with Gasteiger partial charge in [0.05, 0.1) is 12.6 Å². The molecule has 1 saturated heterocycles. The molecule has 3 amide bonds. The van der Waals surface area contributed by atoms with Crippen molar-refractivity contribution < 1.29 is 33.4 Å². The summed E-state index contributed by atoms with van der Waals surface area (Å²) in [5.41, 5.74) is 1.14. The van der Waals surface area contributed by atoms with Crippen molar-refractivity contribution >= 4 is 17.7 Å². The van der Waals surface area contributed by atoms with Gasteiger partial charge < -0.3 is 25.7 Å². The molecule has 0 aromatic heterocycles. The van der Waals surface area contributed by atoms with Crippen LogP contribution in [0, 0.1) is 12.8 Å². The third-order valence-corrected chi connectivity index (χ3v) is 6.92. The van der Waals surface area contributed by atoms with E-state index in [1.165, 1.54) is 18.2 Å². The zero-order chi connectivity index (χ0) is 26.7. The standard InChI is InChI=1S/C27H31F2N3O5/c1-16-19(8-5-9-22(16)33)24(35)31-20(12-17-6-3-2-4-7-17)23(34)26(37)32-15-27(28,29)13-21(32)25(36)30-14-18-10-11-18/h2-9,18,20-21,23,33-34H,10-15H2,1H3,(H,30,36)(H,31,35). The number of amides is 3. The van der Waals surface area contributed by atoms with Crippen LogP contribution in [0.1, 0.15) is 40.7 Å². The number of benzene rings is 2. The van der Waals surface area contributed by atoms with Crippen molar-refractivity contribution in [2.75, 3.05) is 13.1 Å². The zero-order valence-corrected chi connectivity index (χ0v) is 20.5. The van der Waals surface area contributed by atoms with E-state index in [4.69, 9.17) is 0 Å². The van der Waals surface area contributed by atoms with E-state index in [-0.39, 0.29) is 17.7 Å². The van der Waals surface area contributed by atoms with E-state index in [2.05, 4.69) is 10.6 Å². The fourth-order valence-corrected chi connectivity index (χ4v) is 4.53.